The molecule has 1 fully saturated rings. The van der Waals surface area contributed by atoms with Crippen molar-refractivity contribution in [3.63, 3.8) is 0 Å². The van der Waals surface area contributed by atoms with E-state index < -0.39 is 0 Å². The number of likely N-dealkylation sites (N-methyl/N-ethyl adjacent to an activating group) is 1. The average Bonchev–Trinajstić information content (AvgIpc) is 3.66. The molecule has 1 aliphatic heterocycles. The number of aryl methyl sites for hydroxylation is 1. The Hall–Kier alpha value is -4.94. The number of hydrogen-bond acceptors (Lipinski definition) is 11. The molecule has 1 aliphatic rings. The van der Waals surface area contributed by atoms with Crippen LogP contribution in [0.2, 0.25) is 0 Å². The highest BCUT2D eigenvalue weighted by molar-refractivity contribution is 5.96. The van der Waals surface area contributed by atoms with Crippen LogP contribution >= 0.6 is 0 Å². The molecule has 5 aromatic rings. The Morgan fingerprint density at radius 1 is 1.09 bits per heavy atom. The van der Waals surface area contributed by atoms with Gasteiger partial charge in [0, 0.05) is 48.3 Å². The first-order chi connectivity index (χ1) is 21.5. The van der Waals surface area contributed by atoms with Crippen LogP contribution in [-0.4, -0.2) is 80.2 Å². The molecule has 0 radical (unpaired) electrons. The normalized spacial score (nSPS) is 15.4. The van der Waals surface area contributed by atoms with Crippen LogP contribution < -0.4 is 14.8 Å². The summed E-state index contributed by atoms with van der Waals surface area (Å²) >= 11 is 0. The van der Waals surface area contributed by atoms with Crippen molar-refractivity contribution < 1.29 is 19.0 Å². The van der Waals surface area contributed by atoms with Crippen LogP contribution in [0.5, 0.6) is 17.4 Å². The van der Waals surface area contributed by atoms with Gasteiger partial charge in [0.05, 0.1) is 12.1 Å². The van der Waals surface area contributed by atoms with E-state index in [-0.39, 0.29) is 12.2 Å². The molecule has 0 amide bonds. The number of ether oxygens (including phenoxy) is 3. The van der Waals surface area contributed by atoms with E-state index in [1.807, 2.05) is 43.3 Å². The van der Waals surface area contributed by atoms with Crippen molar-refractivity contribution in [3.05, 3.63) is 78.7 Å². The SMILES string of the molecule is COCCOc1cc2ncnc(Nc3ccc(Oc4cc5nncn5cn4)c(C)c3)c2cc1CC(=O)/C=C/[C@H]1CCCN1C. The monoisotopic (exact) mass is 594 g/mol. The number of carbonyl (C=O) groups is 1. The number of carbonyl (C=O) groups excluding carboxylic acids is 1. The first-order valence-corrected chi connectivity index (χ1v) is 14.5. The van der Waals surface area contributed by atoms with E-state index in [1.165, 1.54) is 6.33 Å². The largest absolute Gasteiger partial charge is 0.491 e. The Morgan fingerprint density at radius 2 is 2.00 bits per heavy atom. The molecule has 44 heavy (non-hydrogen) atoms. The molecule has 0 saturated carbocycles. The summed E-state index contributed by atoms with van der Waals surface area (Å²) in [4.78, 5) is 28.7. The second kappa shape index (κ2) is 13.1. The quantitative estimate of drug-likeness (QED) is 0.159. The van der Waals surface area contributed by atoms with Crippen LogP contribution in [0.15, 0.2) is 67.5 Å². The van der Waals surface area contributed by atoms with Gasteiger partial charge in [0.2, 0.25) is 5.88 Å². The van der Waals surface area contributed by atoms with Gasteiger partial charge in [0.1, 0.15) is 42.9 Å². The molecule has 12 nitrogen and oxygen atoms in total. The lowest BCUT2D eigenvalue weighted by molar-refractivity contribution is -0.114. The topological polar surface area (TPSA) is 129 Å². The van der Waals surface area contributed by atoms with Gasteiger partial charge in [-0.2, -0.15) is 0 Å². The van der Waals surface area contributed by atoms with Gasteiger partial charge in [-0.15, -0.1) is 10.2 Å². The number of anilines is 2. The van der Waals surface area contributed by atoms with Gasteiger partial charge in [0.25, 0.3) is 0 Å². The van der Waals surface area contributed by atoms with Crippen molar-refractivity contribution in [2.24, 2.45) is 0 Å². The minimum absolute atomic E-state index is 0.0106. The Morgan fingerprint density at radius 3 is 2.82 bits per heavy atom. The van der Waals surface area contributed by atoms with E-state index in [9.17, 15) is 4.79 Å². The number of rotatable bonds is 12. The van der Waals surface area contributed by atoms with Gasteiger partial charge in [-0.25, -0.2) is 15.0 Å². The Labute approximate surface area is 254 Å². The van der Waals surface area contributed by atoms with Crippen molar-refractivity contribution in [2.45, 2.75) is 32.2 Å². The van der Waals surface area contributed by atoms with E-state index in [1.54, 1.807) is 36.3 Å². The van der Waals surface area contributed by atoms with E-state index in [4.69, 9.17) is 14.2 Å². The lowest BCUT2D eigenvalue weighted by Gasteiger charge is -2.15. The van der Waals surface area contributed by atoms with Crippen molar-refractivity contribution in [1.29, 1.82) is 0 Å². The Balaban J connectivity index is 1.24. The molecule has 1 atom stereocenters. The molecule has 0 bridgehead atoms. The third kappa shape index (κ3) is 6.66. The highest BCUT2D eigenvalue weighted by atomic mass is 16.5. The summed E-state index contributed by atoms with van der Waals surface area (Å²) in [5.41, 5.74) is 3.82. The first kappa shape index (κ1) is 29.1. The fourth-order valence-electron chi connectivity index (χ4n) is 5.24. The number of hydrogen-bond donors (Lipinski definition) is 1. The molecule has 12 heteroatoms. The average molecular weight is 595 g/mol. The smallest absolute Gasteiger partial charge is 0.224 e. The van der Waals surface area contributed by atoms with Gasteiger partial charge in [-0.3, -0.25) is 14.1 Å². The molecule has 0 spiro atoms. The van der Waals surface area contributed by atoms with Crippen LogP contribution in [0, 0.1) is 6.92 Å². The van der Waals surface area contributed by atoms with E-state index in [2.05, 4.69) is 42.4 Å². The second-order valence-electron chi connectivity index (χ2n) is 10.8. The number of fused-ring (bicyclic) bond motifs is 2. The lowest BCUT2D eigenvalue weighted by atomic mass is 10.0. The van der Waals surface area contributed by atoms with Gasteiger partial charge >= 0.3 is 0 Å². The molecule has 6 rings (SSSR count). The zero-order chi connectivity index (χ0) is 30.5. The van der Waals surface area contributed by atoms with E-state index >= 15 is 0 Å². The maximum Gasteiger partial charge on any atom is 0.224 e. The minimum Gasteiger partial charge on any atom is -0.491 e. The van der Waals surface area contributed by atoms with Gasteiger partial charge in [0.15, 0.2) is 11.4 Å². The third-order valence-electron chi connectivity index (χ3n) is 7.62. The summed E-state index contributed by atoms with van der Waals surface area (Å²) in [6, 6.07) is 11.6. The number of nitrogens with one attached hydrogen (secondary N) is 1. The number of likely N-dealkylation sites (tertiary alicyclic amines) is 1. The van der Waals surface area contributed by atoms with Crippen molar-refractivity contribution in [2.75, 3.05) is 39.2 Å². The van der Waals surface area contributed by atoms with Crippen LogP contribution in [0.25, 0.3) is 16.6 Å². The molecule has 3 aromatic heterocycles. The summed E-state index contributed by atoms with van der Waals surface area (Å²) in [7, 11) is 3.71. The molecule has 1 N–H and O–H groups in total. The summed E-state index contributed by atoms with van der Waals surface area (Å²) in [5.74, 6) is 2.31. The molecule has 0 unspecified atom stereocenters. The molecular weight excluding hydrogens is 560 g/mol. The number of allylic oxidation sites excluding steroid dienone is 1. The number of ketones is 1. The molecule has 1 saturated heterocycles. The molecule has 4 heterocycles. The zero-order valence-corrected chi connectivity index (χ0v) is 24.9. The van der Waals surface area contributed by atoms with Gasteiger partial charge in [-0.1, -0.05) is 6.08 Å². The standard InChI is InChI=1S/C32H34N8O4/c1-21-13-23(6-9-28(21)44-31-17-30-38-36-20-40(30)19-35-31)37-32-26-15-22(14-25(41)8-7-24-5-4-10-39(24)2)29(43-12-11-42-3)16-27(26)33-18-34-32/h6-9,13,15-20,24H,4-5,10-12,14H2,1-3H3,(H,33,34,37)/b8-7+/t24-/m1/s1. The van der Waals surface area contributed by atoms with Crippen molar-refractivity contribution in [3.8, 4) is 17.4 Å². The van der Waals surface area contributed by atoms with Crippen LogP contribution in [0.3, 0.4) is 0 Å². The third-order valence-corrected chi connectivity index (χ3v) is 7.62. The predicted octanol–water partition coefficient (Wildman–Crippen LogP) is 4.70. The number of aromatic nitrogens is 6. The van der Waals surface area contributed by atoms with Crippen LogP contribution in [0.4, 0.5) is 11.5 Å². The predicted molar refractivity (Wildman–Crippen MR) is 166 cm³/mol. The highest BCUT2D eigenvalue weighted by Gasteiger charge is 2.19. The number of methoxy groups -OCH3 is 1. The molecular formula is C32H34N8O4. The molecule has 0 aliphatic carbocycles. The minimum atomic E-state index is 0.0106. The maximum atomic E-state index is 13.1. The second-order valence-corrected chi connectivity index (χ2v) is 10.8. The Kier molecular flexibility index (Phi) is 8.71. The zero-order valence-electron chi connectivity index (χ0n) is 24.9. The summed E-state index contributed by atoms with van der Waals surface area (Å²) < 4.78 is 18.9. The van der Waals surface area contributed by atoms with Gasteiger partial charge in [-0.05, 0) is 69.3 Å². The summed E-state index contributed by atoms with van der Waals surface area (Å²) in [6.45, 7) is 3.80. The van der Waals surface area contributed by atoms with Crippen LogP contribution in [0.1, 0.15) is 24.0 Å². The molecule has 2 aromatic carbocycles. The first-order valence-electron chi connectivity index (χ1n) is 14.5. The van der Waals surface area contributed by atoms with Crippen molar-refractivity contribution >= 4 is 33.8 Å². The van der Waals surface area contributed by atoms with E-state index in [0.29, 0.717) is 53.6 Å². The van der Waals surface area contributed by atoms with E-state index in [0.717, 1.165) is 41.6 Å². The summed E-state index contributed by atoms with van der Waals surface area (Å²) in [6.07, 6.45) is 10.8. The lowest BCUT2D eigenvalue weighted by Crippen LogP contribution is -2.22. The number of nitrogens with zero attached hydrogens (tertiary/aromatic N) is 7. The van der Waals surface area contributed by atoms with Crippen molar-refractivity contribution in [1.82, 2.24) is 34.4 Å². The molecule has 226 valence electrons. The fourth-order valence-corrected chi connectivity index (χ4v) is 5.24. The van der Waals surface area contributed by atoms with Gasteiger partial charge < -0.3 is 19.5 Å². The number of benzene rings is 2. The Bertz CT molecular complexity index is 1820. The van der Waals surface area contributed by atoms with Crippen LogP contribution in [-0.2, 0) is 16.0 Å². The fraction of sp³-hybridized carbons (Fsp3) is 0.312. The maximum absolute atomic E-state index is 13.1. The highest BCUT2D eigenvalue weighted by Crippen LogP contribution is 2.32. The summed E-state index contributed by atoms with van der Waals surface area (Å²) in [5, 5.41) is 12.1.